The number of nitrogens with zero attached hydrogens (tertiary/aromatic N) is 5. The van der Waals surface area contributed by atoms with Crippen molar-refractivity contribution in [2.75, 3.05) is 11.9 Å². The minimum atomic E-state index is -0.235. The van der Waals surface area contributed by atoms with E-state index in [1.807, 2.05) is 0 Å². The smallest absolute Gasteiger partial charge is 0.318 e. The number of anilines is 1. The van der Waals surface area contributed by atoms with Crippen molar-refractivity contribution in [1.82, 2.24) is 24.6 Å². The second-order valence-corrected chi connectivity index (χ2v) is 6.85. The van der Waals surface area contributed by atoms with Gasteiger partial charge in [-0.05, 0) is 12.8 Å². The van der Waals surface area contributed by atoms with E-state index in [1.165, 1.54) is 22.2 Å². The van der Waals surface area contributed by atoms with Gasteiger partial charge in [-0.3, -0.25) is 10.1 Å². The van der Waals surface area contributed by atoms with E-state index in [0.29, 0.717) is 35.9 Å². The van der Waals surface area contributed by atoms with E-state index in [0.717, 1.165) is 24.3 Å². The first kappa shape index (κ1) is 16.6. The fraction of sp³-hybridized carbons (Fsp3) is 0.533. The molecule has 24 heavy (non-hydrogen) atoms. The summed E-state index contributed by atoms with van der Waals surface area (Å²) in [6.07, 6.45) is 5.05. The Labute approximate surface area is 143 Å². The highest BCUT2D eigenvalue weighted by atomic mass is 32.1. The van der Waals surface area contributed by atoms with Crippen molar-refractivity contribution in [3.05, 3.63) is 32.9 Å². The zero-order valence-electron chi connectivity index (χ0n) is 13.8. The fourth-order valence-electron chi connectivity index (χ4n) is 2.59. The maximum Gasteiger partial charge on any atom is 0.324 e. The number of unbranched alkanes of at least 4 members (excludes halogenated alkanes) is 1. The number of nitrogens with one attached hydrogen (secondary N) is 1. The van der Waals surface area contributed by atoms with E-state index in [2.05, 4.69) is 27.4 Å². The zero-order valence-corrected chi connectivity index (χ0v) is 14.6. The van der Waals surface area contributed by atoms with Crippen LogP contribution in [0.3, 0.4) is 0 Å². The van der Waals surface area contributed by atoms with Crippen LogP contribution in [-0.2, 0) is 26.4 Å². The third-order valence-electron chi connectivity index (χ3n) is 4.00. The van der Waals surface area contributed by atoms with Crippen molar-refractivity contribution in [2.45, 2.75) is 39.2 Å². The molecule has 2 amide bonds. The molecule has 128 valence electrons. The number of carbonyl (C=O) groups excluding carboxylic acids is 1. The molecule has 0 fully saturated rings. The Balaban J connectivity index is 1.65. The molecule has 0 radical (unpaired) electrons. The molecule has 9 heteroatoms. The standard InChI is InChI=1S/C15H20N6O2S/c1-3-4-5-12-18-19-14(24-12)17-15(23)21-7-6-10-11(8-21)16-9-20(2)13(10)22/h9H,3-8H2,1-2H3,(H,17,19,23). The monoisotopic (exact) mass is 348 g/mol. The first-order valence-electron chi connectivity index (χ1n) is 8.00. The van der Waals surface area contributed by atoms with Gasteiger partial charge >= 0.3 is 6.03 Å². The molecule has 0 bridgehead atoms. The summed E-state index contributed by atoms with van der Waals surface area (Å²) in [4.78, 5) is 30.4. The van der Waals surface area contributed by atoms with Crippen LogP contribution in [0.2, 0.25) is 0 Å². The Bertz CT molecular complexity index is 800. The molecule has 0 spiro atoms. The topological polar surface area (TPSA) is 93.0 Å². The van der Waals surface area contributed by atoms with Crippen LogP contribution in [0.4, 0.5) is 9.93 Å². The van der Waals surface area contributed by atoms with Crippen LogP contribution in [-0.4, -0.2) is 37.2 Å². The summed E-state index contributed by atoms with van der Waals surface area (Å²) in [7, 11) is 1.68. The van der Waals surface area contributed by atoms with Crippen LogP contribution in [0, 0.1) is 0 Å². The molecular formula is C15H20N6O2S. The lowest BCUT2D eigenvalue weighted by Gasteiger charge is -2.27. The molecule has 3 rings (SSSR count). The highest BCUT2D eigenvalue weighted by Gasteiger charge is 2.24. The lowest BCUT2D eigenvalue weighted by atomic mass is 10.1. The Morgan fingerprint density at radius 1 is 1.42 bits per heavy atom. The van der Waals surface area contributed by atoms with Gasteiger partial charge in [-0.1, -0.05) is 24.7 Å². The molecule has 0 atom stereocenters. The van der Waals surface area contributed by atoms with Gasteiger partial charge in [0.1, 0.15) is 5.01 Å². The van der Waals surface area contributed by atoms with Gasteiger partial charge in [-0.15, -0.1) is 10.2 Å². The first-order chi connectivity index (χ1) is 11.6. The SMILES string of the molecule is CCCCc1nnc(NC(=O)N2CCc3c(ncn(C)c3=O)C2)s1. The number of aryl methyl sites for hydroxylation is 2. The van der Waals surface area contributed by atoms with E-state index < -0.39 is 0 Å². The maximum atomic E-state index is 12.4. The van der Waals surface area contributed by atoms with Crippen LogP contribution in [0.5, 0.6) is 0 Å². The van der Waals surface area contributed by atoms with Gasteiger partial charge in [-0.2, -0.15) is 0 Å². The highest BCUT2D eigenvalue weighted by Crippen LogP contribution is 2.19. The molecule has 0 saturated heterocycles. The second kappa shape index (κ2) is 7.08. The molecular weight excluding hydrogens is 328 g/mol. The van der Waals surface area contributed by atoms with Gasteiger partial charge in [0.2, 0.25) is 5.13 Å². The number of fused-ring (bicyclic) bond motifs is 1. The van der Waals surface area contributed by atoms with Crippen molar-refractivity contribution in [2.24, 2.45) is 7.05 Å². The molecule has 1 aliphatic rings. The van der Waals surface area contributed by atoms with Crippen LogP contribution < -0.4 is 10.9 Å². The van der Waals surface area contributed by atoms with Crippen molar-refractivity contribution in [3.8, 4) is 0 Å². The number of hydrogen-bond donors (Lipinski definition) is 1. The number of carbonyl (C=O) groups is 1. The van der Waals surface area contributed by atoms with Crippen LogP contribution in [0.25, 0.3) is 0 Å². The molecule has 2 aromatic rings. The summed E-state index contributed by atoms with van der Waals surface area (Å²) in [5.41, 5.74) is 1.33. The molecule has 1 N–H and O–H groups in total. The summed E-state index contributed by atoms with van der Waals surface area (Å²) in [5, 5.41) is 12.3. The van der Waals surface area contributed by atoms with Crippen LogP contribution in [0.1, 0.15) is 36.0 Å². The van der Waals surface area contributed by atoms with E-state index in [9.17, 15) is 9.59 Å². The van der Waals surface area contributed by atoms with E-state index >= 15 is 0 Å². The Kier molecular flexibility index (Phi) is 4.89. The summed E-state index contributed by atoms with van der Waals surface area (Å²) in [6, 6.07) is -0.235. The Morgan fingerprint density at radius 2 is 2.25 bits per heavy atom. The third kappa shape index (κ3) is 3.45. The van der Waals surface area contributed by atoms with Gasteiger partial charge in [0, 0.05) is 25.6 Å². The Morgan fingerprint density at radius 3 is 3.04 bits per heavy atom. The number of aromatic nitrogens is 4. The second-order valence-electron chi connectivity index (χ2n) is 5.79. The predicted octanol–water partition coefficient (Wildman–Crippen LogP) is 1.56. The minimum absolute atomic E-state index is 0.0373. The average Bonchev–Trinajstić information content (AvgIpc) is 3.03. The van der Waals surface area contributed by atoms with E-state index in [4.69, 9.17) is 0 Å². The summed E-state index contributed by atoms with van der Waals surface area (Å²) in [6.45, 7) is 2.94. The molecule has 0 aromatic carbocycles. The van der Waals surface area contributed by atoms with Crippen molar-refractivity contribution in [3.63, 3.8) is 0 Å². The van der Waals surface area contributed by atoms with E-state index in [1.54, 1.807) is 11.9 Å². The van der Waals surface area contributed by atoms with Crippen molar-refractivity contribution in [1.29, 1.82) is 0 Å². The average molecular weight is 348 g/mol. The van der Waals surface area contributed by atoms with Crippen LogP contribution >= 0.6 is 11.3 Å². The predicted molar refractivity (Wildman–Crippen MR) is 91.1 cm³/mol. The largest absolute Gasteiger partial charge is 0.324 e. The molecule has 1 aliphatic heterocycles. The lowest BCUT2D eigenvalue weighted by Crippen LogP contribution is -2.42. The summed E-state index contributed by atoms with van der Waals surface area (Å²) < 4.78 is 1.47. The van der Waals surface area contributed by atoms with Crippen molar-refractivity contribution >= 4 is 22.5 Å². The Hall–Kier alpha value is -2.29. The first-order valence-corrected chi connectivity index (χ1v) is 8.81. The quantitative estimate of drug-likeness (QED) is 0.905. The molecule has 0 saturated carbocycles. The fourth-order valence-corrected chi connectivity index (χ4v) is 3.37. The van der Waals surface area contributed by atoms with Crippen molar-refractivity contribution < 1.29 is 4.79 Å². The molecule has 2 aromatic heterocycles. The highest BCUT2D eigenvalue weighted by molar-refractivity contribution is 7.15. The number of hydrogen-bond acceptors (Lipinski definition) is 6. The van der Waals surface area contributed by atoms with Gasteiger partial charge in [0.05, 0.1) is 18.6 Å². The van der Waals surface area contributed by atoms with E-state index in [-0.39, 0.29) is 11.6 Å². The van der Waals surface area contributed by atoms with Gasteiger partial charge in [0.25, 0.3) is 5.56 Å². The number of amides is 2. The zero-order chi connectivity index (χ0) is 17.1. The number of urea groups is 1. The molecule has 0 aliphatic carbocycles. The van der Waals surface area contributed by atoms with Gasteiger partial charge < -0.3 is 9.47 Å². The maximum absolute atomic E-state index is 12.4. The third-order valence-corrected chi connectivity index (χ3v) is 4.90. The van der Waals surface area contributed by atoms with Gasteiger partial charge in [0.15, 0.2) is 0 Å². The molecule has 8 nitrogen and oxygen atoms in total. The van der Waals surface area contributed by atoms with Gasteiger partial charge in [-0.25, -0.2) is 9.78 Å². The summed E-state index contributed by atoms with van der Waals surface area (Å²) in [5.74, 6) is 0. The minimum Gasteiger partial charge on any atom is -0.318 e. The van der Waals surface area contributed by atoms with Crippen LogP contribution in [0.15, 0.2) is 11.1 Å². The normalized spacial score (nSPS) is 13.7. The molecule has 0 unspecified atom stereocenters. The number of rotatable bonds is 4. The molecule has 3 heterocycles. The summed E-state index contributed by atoms with van der Waals surface area (Å²) >= 11 is 1.41. The lowest BCUT2D eigenvalue weighted by molar-refractivity contribution is 0.205.